The molecule has 0 atom stereocenters. The van der Waals surface area contributed by atoms with E-state index in [4.69, 9.17) is 4.74 Å². The van der Waals surface area contributed by atoms with Crippen LogP contribution in [-0.4, -0.2) is 59.8 Å². The number of carbonyl (C=O) groups excluding carboxylic acids is 1. The summed E-state index contributed by atoms with van der Waals surface area (Å²) in [4.78, 5) is 31.5. The summed E-state index contributed by atoms with van der Waals surface area (Å²) in [6.45, 7) is 5.93. The van der Waals surface area contributed by atoms with Crippen molar-refractivity contribution in [2.45, 2.75) is 25.8 Å². The number of hydrogen-bond acceptors (Lipinski definition) is 4. The van der Waals surface area contributed by atoms with E-state index < -0.39 is 0 Å². The Hall–Kier alpha value is -3.68. The predicted octanol–water partition coefficient (Wildman–Crippen LogP) is 4.06. The summed E-state index contributed by atoms with van der Waals surface area (Å²) in [6, 6.07) is 18.0. The molecular formula is C30H32N4O3. The Kier molecular flexibility index (Phi) is 6.64. The molecule has 4 aromatic rings. The molecule has 0 bridgehead atoms. The van der Waals surface area contributed by atoms with Crippen LogP contribution >= 0.6 is 0 Å². The molecule has 190 valence electrons. The van der Waals surface area contributed by atoms with Gasteiger partial charge in [0.05, 0.1) is 30.0 Å². The standard InChI is InChI=1S/C30H32N4O3/c35-29(31-12-6-13-33-15-17-37-18-16-33)23-19-22-9-5-14-34-27(22)25(20-23)26(21-7-2-1-3-8-21)28(34)24-10-4-11-32-30(24)36/h1-4,7-8,10-11,19-20H,5-6,9,12-18H2,(H,31,35)(H,32,36). The average molecular weight is 497 g/mol. The van der Waals surface area contributed by atoms with E-state index in [1.807, 2.05) is 42.5 Å². The number of rotatable bonds is 7. The molecule has 0 radical (unpaired) electrons. The number of ether oxygens (including phenoxy) is 1. The van der Waals surface area contributed by atoms with Crippen molar-refractivity contribution in [3.63, 3.8) is 0 Å². The fourth-order valence-corrected chi connectivity index (χ4v) is 5.77. The largest absolute Gasteiger partial charge is 0.379 e. The zero-order valence-corrected chi connectivity index (χ0v) is 21.0. The molecule has 1 fully saturated rings. The van der Waals surface area contributed by atoms with Crippen LogP contribution in [0.4, 0.5) is 0 Å². The second-order valence-electron chi connectivity index (χ2n) is 9.85. The molecule has 0 spiro atoms. The Morgan fingerprint density at radius 2 is 1.86 bits per heavy atom. The molecule has 0 saturated carbocycles. The lowest BCUT2D eigenvalue weighted by molar-refractivity contribution is 0.0374. The number of H-pyrrole nitrogens is 1. The van der Waals surface area contributed by atoms with Crippen LogP contribution in [0, 0.1) is 0 Å². The van der Waals surface area contributed by atoms with Crippen molar-refractivity contribution < 1.29 is 9.53 Å². The topological polar surface area (TPSA) is 79.4 Å². The average Bonchev–Trinajstić information content (AvgIpc) is 3.27. The van der Waals surface area contributed by atoms with E-state index in [1.165, 1.54) is 0 Å². The molecule has 4 heterocycles. The van der Waals surface area contributed by atoms with Crippen molar-refractivity contribution >= 4 is 16.8 Å². The lowest BCUT2D eigenvalue weighted by atomic mass is 9.95. The normalized spacial score (nSPS) is 15.7. The Bertz CT molecular complexity index is 1480. The van der Waals surface area contributed by atoms with Gasteiger partial charge in [0.25, 0.3) is 11.5 Å². The number of aromatic amines is 1. The van der Waals surface area contributed by atoms with E-state index in [1.54, 1.807) is 6.20 Å². The summed E-state index contributed by atoms with van der Waals surface area (Å²) in [6.07, 6.45) is 4.46. The lowest BCUT2D eigenvalue weighted by Crippen LogP contribution is -2.38. The van der Waals surface area contributed by atoms with Crippen LogP contribution in [0.2, 0.25) is 0 Å². The third-order valence-corrected chi connectivity index (χ3v) is 7.50. The number of pyridine rings is 1. The summed E-state index contributed by atoms with van der Waals surface area (Å²) in [7, 11) is 0. The van der Waals surface area contributed by atoms with Crippen molar-refractivity contribution in [1.29, 1.82) is 0 Å². The van der Waals surface area contributed by atoms with Crippen LogP contribution in [0.25, 0.3) is 33.3 Å². The van der Waals surface area contributed by atoms with Crippen molar-refractivity contribution in [3.8, 4) is 22.4 Å². The van der Waals surface area contributed by atoms with E-state index in [9.17, 15) is 9.59 Å². The quantitative estimate of drug-likeness (QED) is 0.378. The van der Waals surface area contributed by atoms with Crippen molar-refractivity contribution in [2.24, 2.45) is 0 Å². The van der Waals surface area contributed by atoms with Gasteiger partial charge in [-0.15, -0.1) is 0 Å². The second kappa shape index (κ2) is 10.4. The first-order valence-electron chi connectivity index (χ1n) is 13.2. The number of hydrogen-bond donors (Lipinski definition) is 2. The van der Waals surface area contributed by atoms with Gasteiger partial charge in [-0.3, -0.25) is 14.5 Å². The van der Waals surface area contributed by atoms with Crippen molar-refractivity contribution in [3.05, 3.63) is 82.3 Å². The first-order valence-corrected chi connectivity index (χ1v) is 13.2. The highest BCUT2D eigenvalue weighted by atomic mass is 16.5. The number of nitrogens with one attached hydrogen (secondary N) is 2. The molecule has 37 heavy (non-hydrogen) atoms. The molecule has 0 aliphatic carbocycles. The molecule has 7 nitrogen and oxygen atoms in total. The number of carbonyl (C=O) groups is 1. The van der Waals surface area contributed by atoms with Gasteiger partial charge < -0.3 is 19.6 Å². The van der Waals surface area contributed by atoms with Gasteiger partial charge in [-0.25, -0.2) is 0 Å². The predicted molar refractivity (Wildman–Crippen MR) is 146 cm³/mol. The molecule has 7 heteroatoms. The summed E-state index contributed by atoms with van der Waals surface area (Å²) >= 11 is 0. The summed E-state index contributed by atoms with van der Waals surface area (Å²) in [5.41, 5.74) is 6.50. The Labute approximate surface area is 216 Å². The molecular weight excluding hydrogens is 464 g/mol. The fourth-order valence-electron chi connectivity index (χ4n) is 5.77. The first-order chi connectivity index (χ1) is 18.2. The van der Waals surface area contributed by atoms with E-state index in [2.05, 4.69) is 31.9 Å². The molecule has 2 aromatic carbocycles. The van der Waals surface area contributed by atoms with Gasteiger partial charge in [0, 0.05) is 48.9 Å². The molecule has 2 aromatic heterocycles. The third kappa shape index (κ3) is 4.61. The van der Waals surface area contributed by atoms with Crippen molar-refractivity contribution in [2.75, 3.05) is 39.4 Å². The van der Waals surface area contributed by atoms with E-state index >= 15 is 0 Å². The maximum atomic E-state index is 13.3. The highest BCUT2D eigenvalue weighted by molar-refractivity contribution is 6.09. The highest BCUT2D eigenvalue weighted by Gasteiger charge is 2.27. The third-order valence-electron chi connectivity index (χ3n) is 7.50. The van der Waals surface area contributed by atoms with Gasteiger partial charge in [-0.1, -0.05) is 30.3 Å². The van der Waals surface area contributed by atoms with E-state index in [0.29, 0.717) is 17.7 Å². The van der Waals surface area contributed by atoms with Gasteiger partial charge in [-0.2, -0.15) is 0 Å². The van der Waals surface area contributed by atoms with Gasteiger partial charge in [0.1, 0.15) is 0 Å². The number of nitrogens with zero attached hydrogens (tertiary/aromatic N) is 2. The Balaban J connectivity index is 1.39. The Morgan fingerprint density at radius 3 is 2.68 bits per heavy atom. The van der Waals surface area contributed by atoms with Gasteiger partial charge >= 0.3 is 0 Å². The summed E-state index contributed by atoms with van der Waals surface area (Å²) < 4.78 is 7.70. The molecule has 1 amide bonds. The number of aryl methyl sites for hydroxylation is 2. The minimum Gasteiger partial charge on any atom is -0.379 e. The first kappa shape index (κ1) is 23.7. The van der Waals surface area contributed by atoms with Crippen LogP contribution in [0.3, 0.4) is 0 Å². The van der Waals surface area contributed by atoms with Crippen LogP contribution in [0.1, 0.15) is 28.8 Å². The van der Waals surface area contributed by atoms with Gasteiger partial charge in [0.15, 0.2) is 0 Å². The fraction of sp³-hybridized carbons (Fsp3) is 0.333. The number of morpholine rings is 1. The zero-order chi connectivity index (χ0) is 25.2. The maximum Gasteiger partial charge on any atom is 0.257 e. The van der Waals surface area contributed by atoms with Crippen LogP contribution < -0.4 is 10.9 Å². The SMILES string of the molecule is O=C(NCCCN1CCOCC1)c1cc2c3c(c1)c(-c1ccccc1)c(-c1ccc[nH]c1=O)n3CCC2. The minimum absolute atomic E-state index is 0.0448. The molecule has 2 N–H and O–H groups in total. The molecule has 6 rings (SSSR count). The molecule has 0 unspecified atom stereocenters. The monoisotopic (exact) mass is 496 g/mol. The van der Waals surface area contributed by atoms with Gasteiger partial charge in [0.2, 0.25) is 0 Å². The van der Waals surface area contributed by atoms with E-state index in [-0.39, 0.29) is 11.5 Å². The van der Waals surface area contributed by atoms with Gasteiger partial charge in [-0.05, 0) is 61.2 Å². The zero-order valence-electron chi connectivity index (χ0n) is 21.0. The molecule has 2 aliphatic rings. The second-order valence-corrected chi connectivity index (χ2v) is 9.85. The molecule has 2 aliphatic heterocycles. The van der Waals surface area contributed by atoms with Crippen molar-refractivity contribution in [1.82, 2.24) is 19.8 Å². The summed E-state index contributed by atoms with van der Waals surface area (Å²) in [5.74, 6) is -0.0448. The van der Waals surface area contributed by atoms with E-state index in [0.717, 1.165) is 91.9 Å². The number of benzene rings is 2. The van der Waals surface area contributed by atoms with Crippen LogP contribution in [-0.2, 0) is 17.7 Å². The number of amides is 1. The Morgan fingerprint density at radius 1 is 1.03 bits per heavy atom. The number of aromatic nitrogens is 2. The smallest absolute Gasteiger partial charge is 0.257 e. The van der Waals surface area contributed by atoms with Crippen LogP contribution in [0.15, 0.2) is 65.6 Å². The minimum atomic E-state index is -0.107. The molecule has 1 saturated heterocycles. The summed E-state index contributed by atoms with van der Waals surface area (Å²) in [5, 5.41) is 4.16. The lowest BCUT2D eigenvalue weighted by Gasteiger charge is -2.26. The highest BCUT2D eigenvalue weighted by Crippen LogP contribution is 2.43. The maximum absolute atomic E-state index is 13.3. The van der Waals surface area contributed by atoms with Crippen LogP contribution in [0.5, 0.6) is 0 Å².